The minimum Gasteiger partial charge on any atom is -0.422 e. The lowest BCUT2D eigenvalue weighted by Crippen LogP contribution is -2.30. The summed E-state index contributed by atoms with van der Waals surface area (Å²) < 4.78 is 5.46. The highest BCUT2D eigenvalue weighted by atomic mass is 35.5. The fourth-order valence-electron chi connectivity index (χ4n) is 3.11. The van der Waals surface area contributed by atoms with E-state index in [0.717, 1.165) is 42.2 Å². The van der Waals surface area contributed by atoms with Crippen LogP contribution in [0.25, 0.3) is 11.0 Å². The number of likely N-dealkylation sites (N-methyl/N-ethyl adjacent to an activating group) is 1. The van der Waals surface area contributed by atoms with E-state index in [4.69, 9.17) is 9.25 Å². The molecule has 1 unspecified atom stereocenters. The molecule has 1 aliphatic rings. The van der Waals surface area contributed by atoms with Gasteiger partial charge in [0.15, 0.2) is 5.75 Å². The summed E-state index contributed by atoms with van der Waals surface area (Å²) in [5, 5.41) is 11.9. The molecule has 0 radical (unpaired) electrons. The number of hydroxylamine groups is 2. The van der Waals surface area contributed by atoms with Crippen LogP contribution in [0.5, 0.6) is 5.75 Å². The van der Waals surface area contributed by atoms with Crippen LogP contribution >= 0.6 is 12.4 Å². The molecule has 1 heterocycles. The maximum absolute atomic E-state index is 12.1. The van der Waals surface area contributed by atoms with Crippen LogP contribution in [0.15, 0.2) is 27.4 Å². The van der Waals surface area contributed by atoms with E-state index < -0.39 is 6.10 Å². The monoisotopic (exact) mass is 339 g/mol. The minimum absolute atomic E-state index is 0. The van der Waals surface area contributed by atoms with E-state index in [1.54, 1.807) is 25.1 Å². The number of nitrogens with zero attached hydrogens (tertiary/aromatic N) is 1. The topological polar surface area (TPSA) is 62.9 Å². The molecule has 0 saturated carbocycles. The number of fused-ring (bicyclic) bond motifs is 3. The fourth-order valence-corrected chi connectivity index (χ4v) is 3.11. The Morgan fingerprint density at radius 2 is 2.00 bits per heavy atom. The molecule has 126 valence electrons. The van der Waals surface area contributed by atoms with Crippen molar-refractivity contribution >= 4 is 23.4 Å². The van der Waals surface area contributed by atoms with Crippen molar-refractivity contribution in [3.63, 3.8) is 0 Å². The van der Waals surface area contributed by atoms with Gasteiger partial charge in [-0.1, -0.05) is 6.07 Å². The number of aryl methyl sites for hydroxylation is 1. The third kappa shape index (κ3) is 3.68. The van der Waals surface area contributed by atoms with Crippen molar-refractivity contribution in [3.8, 4) is 5.75 Å². The van der Waals surface area contributed by atoms with Gasteiger partial charge in [0, 0.05) is 12.6 Å². The highest BCUT2D eigenvalue weighted by molar-refractivity contribution is 5.87. The average Bonchev–Trinajstić information content (AvgIpc) is 2.46. The van der Waals surface area contributed by atoms with Crippen LogP contribution in [0, 0.1) is 0 Å². The third-order valence-electron chi connectivity index (χ3n) is 3.98. The third-order valence-corrected chi connectivity index (χ3v) is 3.98. The van der Waals surface area contributed by atoms with E-state index in [9.17, 15) is 9.90 Å². The van der Waals surface area contributed by atoms with Crippen LogP contribution in [0.2, 0.25) is 0 Å². The van der Waals surface area contributed by atoms with Crippen LogP contribution in [-0.4, -0.2) is 29.9 Å². The first-order valence-electron chi connectivity index (χ1n) is 7.71. The number of hydrogen-bond acceptors (Lipinski definition) is 5. The standard InChI is InChI=1S/C17H21NO4.ClH/c1-11(19)10-18(2)22-15-9-5-8-14-16(15)12-6-3-4-7-13(12)17(20)21-14;/h5,8-9,11,19H,3-4,6-7,10H2,1-2H3;1H. The normalized spacial score (nSPS) is 15.1. The second-order valence-electron chi connectivity index (χ2n) is 5.93. The highest BCUT2D eigenvalue weighted by Crippen LogP contribution is 2.33. The van der Waals surface area contributed by atoms with Crippen molar-refractivity contribution in [2.45, 2.75) is 38.7 Å². The molecule has 1 aliphatic carbocycles. The van der Waals surface area contributed by atoms with E-state index in [-0.39, 0.29) is 18.0 Å². The molecule has 1 aromatic carbocycles. The molecule has 5 nitrogen and oxygen atoms in total. The number of rotatable bonds is 4. The predicted molar refractivity (Wildman–Crippen MR) is 91.3 cm³/mol. The first-order valence-corrected chi connectivity index (χ1v) is 7.71. The summed E-state index contributed by atoms with van der Waals surface area (Å²) in [6.07, 6.45) is 3.26. The van der Waals surface area contributed by atoms with Gasteiger partial charge in [0.05, 0.1) is 18.0 Å². The summed E-state index contributed by atoms with van der Waals surface area (Å²) in [6, 6.07) is 5.48. The lowest BCUT2D eigenvalue weighted by molar-refractivity contribution is -0.0565. The first-order chi connectivity index (χ1) is 10.6. The number of halogens is 1. The summed E-state index contributed by atoms with van der Waals surface area (Å²) in [7, 11) is 1.77. The maximum Gasteiger partial charge on any atom is 0.339 e. The molecule has 0 amide bonds. The molecule has 0 fully saturated rings. The quantitative estimate of drug-likeness (QED) is 0.685. The molecule has 23 heavy (non-hydrogen) atoms. The van der Waals surface area contributed by atoms with Crippen molar-refractivity contribution in [3.05, 3.63) is 39.7 Å². The molecule has 3 rings (SSSR count). The van der Waals surface area contributed by atoms with E-state index in [1.165, 1.54) is 0 Å². The van der Waals surface area contributed by atoms with Crippen molar-refractivity contribution < 1.29 is 14.4 Å². The molecule has 0 spiro atoms. The summed E-state index contributed by atoms with van der Waals surface area (Å²) in [4.78, 5) is 18.0. The van der Waals surface area contributed by atoms with Crippen LogP contribution in [0.3, 0.4) is 0 Å². The van der Waals surface area contributed by atoms with Gasteiger partial charge >= 0.3 is 5.63 Å². The Morgan fingerprint density at radius 3 is 2.70 bits per heavy atom. The summed E-state index contributed by atoms with van der Waals surface area (Å²) in [6.45, 7) is 2.11. The first kappa shape index (κ1) is 17.8. The summed E-state index contributed by atoms with van der Waals surface area (Å²) >= 11 is 0. The second-order valence-corrected chi connectivity index (χ2v) is 5.93. The van der Waals surface area contributed by atoms with Crippen molar-refractivity contribution in [1.29, 1.82) is 0 Å². The Kier molecular flexibility index (Phi) is 5.68. The van der Waals surface area contributed by atoms with E-state index >= 15 is 0 Å². The van der Waals surface area contributed by atoms with E-state index in [0.29, 0.717) is 17.9 Å². The van der Waals surface area contributed by atoms with Crippen LogP contribution in [-0.2, 0) is 12.8 Å². The molecule has 1 aromatic heterocycles. The van der Waals surface area contributed by atoms with Gasteiger partial charge in [-0.2, -0.15) is 0 Å². The Hall–Kier alpha value is -1.56. The van der Waals surface area contributed by atoms with Gasteiger partial charge < -0.3 is 14.4 Å². The molecule has 2 aromatic rings. The Balaban J connectivity index is 0.00000192. The zero-order valence-electron chi connectivity index (χ0n) is 13.4. The maximum atomic E-state index is 12.1. The predicted octanol–water partition coefficient (Wildman–Crippen LogP) is 2.70. The molecule has 1 N–H and O–H groups in total. The smallest absolute Gasteiger partial charge is 0.339 e. The molecule has 6 heteroatoms. The van der Waals surface area contributed by atoms with Crippen molar-refractivity contribution in [1.82, 2.24) is 5.06 Å². The Labute approximate surface area is 141 Å². The second kappa shape index (κ2) is 7.34. The lowest BCUT2D eigenvalue weighted by Gasteiger charge is -2.22. The lowest BCUT2D eigenvalue weighted by atomic mass is 9.90. The molecule has 0 aliphatic heterocycles. The fraction of sp³-hybridized carbons (Fsp3) is 0.471. The number of benzene rings is 1. The van der Waals surface area contributed by atoms with Gasteiger partial charge in [0.2, 0.25) is 0 Å². The van der Waals surface area contributed by atoms with Gasteiger partial charge in [0.1, 0.15) is 5.58 Å². The van der Waals surface area contributed by atoms with Crippen LogP contribution in [0.4, 0.5) is 0 Å². The van der Waals surface area contributed by atoms with Gasteiger partial charge in [-0.15, -0.1) is 17.5 Å². The van der Waals surface area contributed by atoms with Gasteiger partial charge in [0.25, 0.3) is 0 Å². The van der Waals surface area contributed by atoms with E-state index in [1.807, 2.05) is 12.1 Å². The molecular weight excluding hydrogens is 318 g/mol. The average molecular weight is 340 g/mol. The van der Waals surface area contributed by atoms with Crippen molar-refractivity contribution in [2.75, 3.05) is 13.6 Å². The Bertz CT molecular complexity index is 741. The van der Waals surface area contributed by atoms with E-state index in [2.05, 4.69) is 0 Å². The molecule has 0 bridgehead atoms. The molecule has 0 saturated heterocycles. The van der Waals surface area contributed by atoms with Crippen LogP contribution in [0.1, 0.15) is 30.9 Å². The van der Waals surface area contributed by atoms with Gasteiger partial charge in [-0.3, -0.25) is 0 Å². The summed E-state index contributed by atoms with van der Waals surface area (Å²) in [5.41, 5.74) is 2.18. The largest absolute Gasteiger partial charge is 0.422 e. The SMILES string of the molecule is CC(O)CN(C)Oc1cccc2oc(=O)c3c(c12)CCCC3.Cl. The zero-order valence-corrected chi connectivity index (χ0v) is 14.2. The minimum atomic E-state index is -0.480. The van der Waals surface area contributed by atoms with Gasteiger partial charge in [-0.05, 0) is 50.3 Å². The Morgan fingerprint density at radius 1 is 1.30 bits per heavy atom. The number of aliphatic hydroxyl groups is 1. The highest BCUT2D eigenvalue weighted by Gasteiger charge is 2.21. The van der Waals surface area contributed by atoms with Gasteiger partial charge in [-0.25, -0.2) is 4.79 Å². The number of hydrogen-bond donors (Lipinski definition) is 1. The van der Waals surface area contributed by atoms with Crippen LogP contribution < -0.4 is 10.5 Å². The number of aliphatic hydroxyl groups excluding tert-OH is 1. The zero-order chi connectivity index (χ0) is 15.7. The molecule has 1 atom stereocenters. The van der Waals surface area contributed by atoms with Crippen molar-refractivity contribution in [2.24, 2.45) is 0 Å². The summed E-state index contributed by atoms with van der Waals surface area (Å²) in [5.74, 6) is 0.669. The molecular formula is C17H22ClNO4.